The summed E-state index contributed by atoms with van der Waals surface area (Å²) in [6.45, 7) is 7.17. The van der Waals surface area contributed by atoms with Crippen molar-refractivity contribution in [1.29, 1.82) is 0 Å². The molecule has 0 aliphatic rings. The molecule has 2 aromatic rings. The second kappa shape index (κ2) is 13.2. The largest absolute Gasteiger partial charge is 0.506 e. The Bertz CT molecular complexity index is 1080. The zero-order valence-electron chi connectivity index (χ0n) is 19.9. The molecular weight excluding hydrogens is 512 g/mol. The maximum Gasteiger partial charge on any atom is 0.416 e. The number of hydrogen-bond donors (Lipinski definition) is 3. The van der Waals surface area contributed by atoms with Crippen LogP contribution in [0.25, 0.3) is 0 Å². The van der Waals surface area contributed by atoms with E-state index < -0.39 is 35.0 Å². The molecule has 2 rings (SSSR count). The first-order chi connectivity index (χ1) is 16.7. The van der Waals surface area contributed by atoms with E-state index in [-0.39, 0.29) is 29.7 Å². The molecule has 3 N–H and O–H groups in total. The molecule has 198 valence electrons. The van der Waals surface area contributed by atoms with Gasteiger partial charge in [-0.25, -0.2) is 0 Å². The number of aliphatic imine (C=N–C) groups is 1. The topological polar surface area (TPSA) is 73.7 Å². The number of nitrogens with zero attached hydrogens (tertiary/aromatic N) is 1. The summed E-state index contributed by atoms with van der Waals surface area (Å²) in [4.78, 5) is 16.7. The van der Waals surface area contributed by atoms with E-state index in [1.807, 2.05) is 20.8 Å². The van der Waals surface area contributed by atoms with Gasteiger partial charge in [0.1, 0.15) is 5.75 Å². The molecule has 2 aromatic carbocycles. The van der Waals surface area contributed by atoms with Crippen molar-refractivity contribution in [1.82, 2.24) is 5.32 Å². The monoisotopic (exact) mass is 537 g/mol. The minimum absolute atomic E-state index is 0.0571. The fourth-order valence-corrected chi connectivity index (χ4v) is 2.76. The van der Waals surface area contributed by atoms with E-state index in [9.17, 15) is 36.2 Å². The number of phenols is 1. The molecule has 1 amide bonds. The van der Waals surface area contributed by atoms with E-state index in [1.165, 1.54) is 24.4 Å². The van der Waals surface area contributed by atoms with Crippen molar-refractivity contribution in [2.45, 2.75) is 46.5 Å². The van der Waals surface area contributed by atoms with Crippen LogP contribution < -0.4 is 10.6 Å². The molecule has 0 atom stereocenters. The molecule has 0 saturated carbocycles. The highest BCUT2D eigenvalue weighted by Crippen LogP contribution is 2.36. The van der Waals surface area contributed by atoms with Gasteiger partial charge in [0.2, 0.25) is 0 Å². The molecule has 0 aliphatic carbocycles. The van der Waals surface area contributed by atoms with Gasteiger partial charge < -0.3 is 15.7 Å². The second-order valence-electron chi connectivity index (χ2n) is 7.12. The van der Waals surface area contributed by atoms with E-state index in [0.717, 1.165) is 0 Å². The Morgan fingerprint density at radius 3 is 2.08 bits per heavy atom. The Morgan fingerprint density at radius 1 is 1.03 bits per heavy atom. The van der Waals surface area contributed by atoms with Crippen LogP contribution in [-0.4, -0.2) is 23.3 Å². The lowest BCUT2D eigenvalue weighted by Crippen LogP contribution is -2.27. The first-order valence-electron chi connectivity index (χ1n) is 10.8. The number of aromatic hydroxyl groups is 1. The zero-order valence-corrected chi connectivity index (χ0v) is 20.7. The number of benzene rings is 2. The Morgan fingerprint density at radius 2 is 1.58 bits per heavy atom. The van der Waals surface area contributed by atoms with E-state index in [1.54, 1.807) is 6.92 Å². The van der Waals surface area contributed by atoms with E-state index in [4.69, 9.17) is 11.6 Å². The fourth-order valence-electron chi connectivity index (χ4n) is 2.59. The predicted molar refractivity (Wildman–Crippen MR) is 128 cm³/mol. The third-order valence-corrected chi connectivity index (χ3v) is 4.71. The third kappa shape index (κ3) is 9.44. The van der Waals surface area contributed by atoms with Gasteiger partial charge >= 0.3 is 12.4 Å². The molecule has 0 bridgehead atoms. The Balaban J connectivity index is 0.00000316. The fraction of sp³-hybridized carbons (Fsp3) is 0.333. The minimum Gasteiger partial charge on any atom is -0.506 e. The highest BCUT2D eigenvalue weighted by atomic mass is 35.5. The smallest absolute Gasteiger partial charge is 0.416 e. The Kier molecular flexibility index (Phi) is 11.3. The van der Waals surface area contributed by atoms with Gasteiger partial charge in [0.15, 0.2) is 0 Å². The Hall–Kier alpha value is -3.21. The molecule has 12 heteroatoms. The molecule has 0 spiro atoms. The van der Waals surface area contributed by atoms with Crippen molar-refractivity contribution in [3.63, 3.8) is 0 Å². The van der Waals surface area contributed by atoms with Crippen LogP contribution in [0, 0.1) is 0 Å². The first kappa shape index (κ1) is 30.8. The lowest BCUT2D eigenvalue weighted by molar-refractivity contribution is -0.143. The second-order valence-corrected chi connectivity index (χ2v) is 7.56. The van der Waals surface area contributed by atoms with Crippen LogP contribution in [0.1, 0.15) is 55.6 Å². The zero-order chi connectivity index (χ0) is 27.7. The number of amides is 1. The first-order valence-corrected chi connectivity index (χ1v) is 11.1. The lowest BCUT2D eigenvalue weighted by Gasteiger charge is -2.14. The van der Waals surface area contributed by atoms with Crippen LogP contribution in [0.5, 0.6) is 5.75 Å². The van der Waals surface area contributed by atoms with Gasteiger partial charge in [-0.15, -0.1) is 0 Å². The molecule has 36 heavy (non-hydrogen) atoms. The number of anilines is 1. The van der Waals surface area contributed by atoms with Gasteiger partial charge in [-0.1, -0.05) is 32.4 Å². The SMILES string of the molecule is CC.CCC(C)=N/C(=C\Nc1cc(Cl)ccc1O)CNC(=O)c1cc(C(F)(F)F)cc(C(F)(F)F)c1. The van der Waals surface area contributed by atoms with Crippen molar-refractivity contribution >= 4 is 28.9 Å². The van der Waals surface area contributed by atoms with Gasteiger partial charge in [-0.3, -0.25) is 9.79 Å². The molecule has 0 saturated heterocycles. The molecule has 0 aliphatic heterocycles. The summed E-state index contributed by atoms with van der Waals surface area (Å²) in [7, 11) is 0. The van der Waals surface area contributed by atoms with E-state index >= 15 is 0 Å². The van der Waals surface area contributed by atoms with Gasteiger partial charge in [-0.2, -0.15) is 26.3 Å². The van der Waals surface area contributed by atoms with Crippen LogP contribution in [0.4, 0.5) is 32.0 Å². The van der Waals surface area contributed by atoms with Crippen molar-refractivity contribution < 1.29 is 36.2 Å². The molecule has 0 heterocycles. The van der Waals surface area contributed by atoms with Crippen LogP contribution >= 0.6 is 11.6 Å². The van der Waals surface area contributed by atoms with Gasteiger partial charge in [-0.05, 0) is 49.7 Å². The van der Waals surface area contributed by atoms with Gasteiger partial charge in [0, 0.05) is 22.5 Å². The molecular formula is C24H26ClF6N3O2. The van der Waals surface area contributed by atoms with Crippen molar-refractivity contribution in [2.24, 2.45) is 4.99 Å². The van der Waals surface area contributed by atoms with E-state index in [2.05, 4.69) is 15.6 Å². The maximum absolute atomic E-state index is 13.1. The average Bonchev–Trinajstić information content (AvgIpc) is 2.82. The van der Waals surface area contributed by atoms with Gasteiger partial charge in [0.25, 0.3) is 5.91 Å². The Labute approximate surface area is 209 Å². The normalized spacial score (nSPS) is 12.5. The highest BCUT2D eigenvalue weighted by molar-refractivity contribution is 6.30. The number of nitrogens with one attached hydrogen (secondary N) is 2. The molecule has 0 unspecified atom stereocenters. The number of phenolic OH excluding ortho intramolecular Hbond substituents is 1. The van der Waals surface area contributed by atoms with Crippen molar-refractivity contribution in [3.8, 4) is 5.75 Å². The number of hydrogen-bond acceptors (Lipinski definition) is 4. The van der Waals surface area contributed by atoms with Crippen LogP contribution in [0.3, 0.4) is 0 Å². The number of alkyl halides is 6. The molecule has 0 fully saturated rings. The number of halogens is 7. The summed E-state index contributed by atoms with van der Waals surface area (Å²) < 4.78 is 78.3. The molecule has 5 nitrogen and oxygen atoms in total. The maximum atomic E-state index is 13.1. The number of carbonyl (C=O) groups excluding carboxylic acids is 1. The lowest BCUT2D eigenvalue weighted by atomic mass is 10.0. The van der Waals surface area contributed by atoms with Crippen LogP contribution in [0.15, 0.2) is 53.3 Å². The summed E-state index contributed by atoms with van der Waals surface area (Å²) in [5, 5.41) is 15.2. The van der Waals surface area contributed by atoms with Crippen LogP contribution in [-0.2, 0) is 12.4 Å². The van der Waals surface area contributed by atoms with Gasteiger partial charge in [0.05, 0.1) is 29.1 Å². The quantitative estimate of drug-likeness (QED) is 0.193. The summed E-state index contributed by atoms with van der Waals surface area (Å²) in [6, 6.07) is 4.84. The van der Waals surface area contributed by atoms with E-state index in [0.29, 0.717) is 29.3 Å². The number of carbonyl (C=O) groups is 1. The minimum atomic E-state index is -5.08. The number of rotatable bonds is 7. The van der Waals surface area contributed by atoms with Crippen LogP contribution in [0.2, 0.25) is 5.02 Å². The molecule has 0 radical (unpaired) electrons. The third-order valence-electron chi connectivity index (χ3n) is 4.48. The van der Waals surface area contributed by atoms with Crippen molar-refractivity contribution in [3.05, 3.63) is 70.0 Å². The van der Waals surface area contributed by atoms with Crippen molar-refractivity contribution in [2.75, 3.05) is 11.9 Å². The summed E-state index contributed by atoms with van der Waals surface area (Å²) in [5.74, 6) is -1.29. The predicted octanol–water partition coefficient (Wildman–Crippen LogP) is 7.66. The standard InChI is InChI=1S/C22H20ClF6N3O2.C2H6/c1-3-12(2)32-17(10-30-18-9-16(23)4-5-19(18)33)11-31-20(34)13-6-14(21(24,25)26)8-15(7-13)22(27,28)29;1-2/h4-10,30,33H,3,11H2,1-2H3,(H,31,34);1-2H3/b17-10-,32-12?;. The highest BCUT2D eigenvalue weighted by Gasteiger charge is 2.37. The average molecular weight is 538 g/mol. The summed E-state index contributed by atoms with van der Waals surface area (Å²) in [6.07, 6.45) is -8.30. The summed E-state index contributed by atoms with van der Waals surface area (Å²) >= 11 is 5.88. The summed E-state index contributed by atoms with van der Waals surface area (Å²) in [5.41, 5.74) is -2.96. The molecule has 0 aromatic heterocycles.